The largest absolute Gasteiger partial charge is 0.475 e. The van der Waals surface area contributed by atoms with Crippen molar-refractivity contribution < 1.29 is 23.3 Å². The third-order valence-corrected chi connectivity index (χ3v) is 3.93. The summed E-state index contributed by atoms with van der Waals surface area (Å²) in [5.41, 5.74) is 5.10. The van der Waals surface area contributed by atoms with Crippen LogP contribution in [0.5, 0.6) is 0 Å². The van der Waals surface area contributed by atoms with E-state index in [2.05, 4.69) is 0 Å². The molecule has 0 spiro atoms. The zero-order valence-electron chi connectivity index (χ0n) is 9.21. The first kappa shape index (κ1) is 13.4. The molecule has 0 aliphatic carbocycles. The number of hydrogen-bond acceptors (Lipinski definition) is 4. The molecule has 1 aromatic rings. The van der Waals surface area contributed by atoms with E-state index in [0.29, 0.717) is 6.42 Å². The van der Waals surface area contributed by atoms with Gasteiger partial charge in [0.05, 0.1) is 5.75 Å². The van der Waals surface area contributed by atoms with Gasteiger partial charge >= 0.3 is 5.97 Å². The van der Waals surface area contributed by atoms with Crippen LogP contribution >= 0.6 is 0 Å². The van der Waals surface area contributed by atoms with Gasteiger partial charge in [-0.25, -0.2) is 4.79 Å². The Balaban J connectivity index is 2.73. The smallest absolute Gasteiger partial charge is 0.371 e. The predicted octanol–water partition coefficient (Wildman–Crippen LogP) is 0.490. The molecule has 2 unspecified atom stereocenters. The molecule has 1 aromatic heterocycles. The second-order valence-corrected chi connectivity index (χ2v) is 5.01. The Morgan fingerprint density at radius 3 is 2.59 bits per heavy atom. The molecular formula is C10H13NO5S. The van der Waals surface area contributed by atoms with Crippen LogP contribution in [0.2, 0.25) is 0 Å². The summed E-state index contributed by atoms with van der Waals surface area (Å²) in [4.78, 5) is 21.5. The molecule has 17 heavy (non-hydrogen) atoms. The highest BCUT2D eigenvalue weighted by Crippen LogP contribution is 2.13. The molecule has 0 radical (unpaired) electrons. The van der Waals surface area contributed by atoms with Crippen molar-refractivity contribution in [2.75, 3.05) is 0 Å². The first-order valence-corrected chi connectivity index (χ1v) is 6.32. The fourth-order valence-electron chi connectivity index (χ4n) is 1.33. The summed E-state index contributed by atoms with van der Waals surface area (Å²) in [5.74, 6) is -1.79. The van der Waals surface area contributed by atoms with Crippen LogP contribution in [0.3, 0.4) is 0 Å². The van der Waals surface area contributed by atoms with E-state index in [1.54, 1.807) is 6.92 Å². The number of amides is 1. The number of nitrogens with two attached hydrogens (primary N) is 1. The van der Waals surface area contributed by atoms with Crippen molar-refractivity contribution in [3.05, 3.63) is 23.7 Å². The Bertz CT molecular complexity index is 453. The molecule has 2 atom stereocenters. The maximum atomic E-state index is 11.8. The minimum atomic E-state index is -1.50. The number of aromatic carboxylic acids is 1. The first-order valence-electron chi connectivity index (χ1n) is 4.94. The predicted molar refractivity (Wildman–Crippen MR) is 60.8 cm³/mol. The SMILES string of the molecule is CCC(C(N)=O)S(=O)Cc1ccc(C(=O)O)o1. The normalized spacial score (nSPS) is 14.2. The standard InChI is InChI=1S/C10H13NO5S/c1-2-8(9(11)12)17(15)5-6-3-4-7(16-6)10(13)14/h3-4,8H,2,5H2,1H3,(H2,11,12)(H,13,14). The van der Waals surface area contributed by atoms with Crippen LogP contribution in [-0.4, -0.2) is 26.4 Å². The average molecular weight is 259 g/mol. The number of furan rings is 1. The zero-order valence-corrected chi connectivity index (χ0v) is 10.0. The molecule has 0 aliphatic rings. The van der Waals surface area contributed by atoms with Gasteiger partial charge in [-0.05, 0) is 18.6 Å². The molecule has 1 rings (SSSR count). The van der Waals surface area contributed by atoms with Gasteiger partial charge in [-0.15, -0.1) is 0 Å². The van der Waals surface area contributed by atoms with E-state index in [-0.39, 0.29) is 17.3 Å². The lowest BCUT2D eigenvalue weighted by Gasteiger charge is -2.08. The van der Waals surface area contributed by atoms with E-state index in [9.17, 15) is 13.8 Å². The third-order valence-electron chi connectivity index (χ3n) is 2.16. The summed E-state index contributed by atoms with van der Waals surface area (Å²) in [5, 5.41) is 7.89. The highest BCUT2D eigenvalue weighted by Gasteiger charge is 2.22. The Labute approximate surface area is 100 Å². The van der Waals surface area contributed by atoms with Crippen molar-refractivity contribution in [2.24, 2.45) is 5.73 Å². The lowest BCUT2D eigenvalue weighted by Crippen LogP contribution is -2.32. The van der Waals surface area contributed by atoms with Crippen LogP contribution in [0.4, 0.5) is 0 Å². The molecule has 0 aromatic carbocycles. The van der Waals surface area contributed by atoms with Crippen LogP contribution < -0.4 is 5.73 Å². The van der Waals surface area contributed by atoms with Gasteiger partial charge in [-0.2, -0.15) is 0 Å². The molecule has 7 heteroatoms. The second-order valence-electron chi connectivity index (χ2n) is 3.40. The highest BCUT2D eigenvalue weighted by atomic mass is 32.2. The van der Waals surface area contributed by atoms with Crippen molar-refractivity contribution in [1.82, 2.24) is 0 Å². The zero-order chi connectivity index (χ0) is 13.0. The number of carboxylic acids is 1. The number of hydrogen-bond donors (Lipinski definition) is 2. The lowest BCUT2D eigenvalue weighted by atomic mass is 10.3. The van der Waals surface area contributed by atoms with E-state index in [1.165, 1.54) is 12.1 Å². The Morgan fingerprint density at radius 2 is 2.18 bits per heavy atom. The van der Waals surface area contributed by atoms with Crippen LogP contribution in [0.1, 0.15) is 29.7 Å². The van der Waals surface area contributed by atoms with Gasteiger partial charge in [-0.3, -0.25) is 9.00 Å². The van der Waals surface area contributed by atoms with Gasteiger partial charge in [0.15, 0.2) is 0 Å². The van der Waals surface area contributed by atoms with Crippen molar-refractivity contribution in [3.63, 3.8) is 0 Å². The van der Waals surface area contributed by atoms with E-state index < -0.39 is 27.9 Å². The van der Waals surface area contributed by atoms with E-state index in [4.69, 9.17) is 15.3 Å². The topological polar surface area (TPSA) is 111 Å². The van der Waals surface area contributed by atoms with E-state index in [1.807, 2.05) is 0 Å². The summed E-state index contributed by atoms with van der Waals surface area (Å²) in [6.07, 6.45) is 0.369. The number of rotatable bonds is 6. The Kier molecular flexibility index (Phi) is 4.45. The maximum Gasteiger partial charge on any atom is 0.371 e. The molecule has 0 saturated heterocycles. The van der Waals surface area contributed by atoms with Gasteiger partial charge in [0.2, 0.25) is 11.7 Å². The summed E-state index contributed by atoms with van der Waals surface area (Å²) >= 11 is 0. The fourth-order valence-corrected chi connectivity index (χ4v) is 2.60. The third kappa shape index (κ3) is 3.42. The van der Waals surface area contributed by atoms with Crippen LogP contribution in [-0.2, 0) is 21.3 Å². The fraction of sp³-hybridized carbons (Fsp3) is 0.400. The number of carboxylic acid groups (broad SMARTS) is 1. The average Bonchev–Trinajstić information content (AvgIpc) is 2.66. The van der Waals surface area contributed by atoms with Crippen molar-refractivity contribution in [1.29, 1.82) is 0 Å². The molecule has 0 aliphatic heterocycles. The van der Waals surface area contributed by atoms with Gasteiger partial charge in [-0.1, -0.05) is 6.92 Å². The maximum absolute atomic E-state index is 11.8. The minimum absolute atomic E-state index is 0.0191. The quantitative estimate of drug-likeness (QED) is 0.772. The second kappa shape index (κ2) is 5.62. The molecule has 0 bridgehead atoms. The Morgan fingerprint density at radius 1 is 1.53 bits per heavy atom. The summed E-state index contributed by atoms with van der Waals surface area (Å²) in [6.45, 7) is 1.71. The van der Waals surface area contributed by atoms with E-state index in [0.717, 1.165) is 0 Å². The summed E-state index contributed by atoms with van der Waals surface area (Å²) in [6, 6.07) is 2.70. The molecular weight excluding hydrogens is 246 g/mol. The number of carbonyl (C=O) groups excluding carboxylic acids is 1. The molecule has 3 N–H and O–H groups in total. The summed E-state index contributed by atoms with van der Waals surface area (Å²) < 4.78 is 16.7. The van der Waals surface area contributed by atoms with E-state index >= 15 is 0 Å². The molecule has 0 saturated carbocycles. The van der Waals surface area contributed by atoms with Crippen LogP contribution in [0.25, 0.3) is 0 Å². The lowest BCUT2D eigenvalue weighted by molar-refractivity contribution is -0.117. The molecule has 1 amide bonds. The molecule has 94 valence electrons. The van der Waals surface area contributed by atoms with Crippen molar-refractivity contribution in [2.45, 2.75) is 24.3 Å². The van der Waals surface area contributed by atoms with Gasteiger partial charge in [0, 0.05) is 10.8 Å². The minimum Gasteiger partial charge on any atom is -0.475 e. The van der Waals surface area contributed by atoms with Crippen molar-refractivity contribution >= 4 is 22.7 Å². The summed E-state index contributed by atoms with van der Waals surface area (Å²) in [7, 11) is -1.50. The van der Waals surface area contributed by atoms with Gasteiger partial charge in [0.1, 0.15) is 11.0 Å². The van der Waals surface area contributed by atoms with Crippen LogP contribution in [0, 0.1) is 0 Å². The van der Waals surface area contributed by atoms with Crippen molar-refractivity contribution in [3.8, 4) is 0 Å². The number of carbonyl (C=O) groups is 2. The highest BCUT2D eigenvalue weighted by molar-refractivity contribution is 7.85. The molecule has 1 heterocycles. The number of primary amides is 1. The van der Waals surface area contributed by atoms with Crippen LogP contribution in [0.15, 0.2) is 16.5 Å². The van der Waals surface area contributed by atoms with Gasteiger partial charge < -0.3 is 15.3 Å². The van der Waals surface area contributed by atoms with Gasteiger partial charge in [0.25, 0.3) is 0 Å². The molecule has 6 nitrogen and oxygen atoms in total. The monoisotopic (exact) mass is 259 g/mol. The first-order chi connectivity index (χ1) is 7.95. The Hall–Kier alpha value is -1.63. The molecule has 0 fully saturated rings.